The fraction of sp³-hybridized carbons (Fsp3) is 0.429. The number of carbonyl (C=O) groups is 2. The number of thiophene rings is 1. The summed E-state index contributed by atoms with van der Waals surface area (Å²) in [5, 5.41) is 0. The van der Waals surface area contributed by atoms with Gasteiger partial charge in [0, 0.05) is 26.2 Å². The molecule has 0 aliphatic carbocycles. The molecule has 0 saturated carbocycles. The number of hydrogen-bond donors (Lipinski definition) is 0. The van der Waals surface area contributed by atoms with Crippen molar-refractivity contribution in [1.82, 2.24) is 9.21 Å². The van der Waals surface area contributed by atoms with Gasteiger partial charge in [-0.2, -0.15) is 4.31 Å². The van der Waals surface area contributed by atoms with E-state index < -0.39 is 10.0 Å². The van der Waals surface area contributed by atoms with E-state index >= 15 is 0 Å². The Kier molecular flexibility index (Phi) is 6.55. The second kappa shape index (κ2) is 8.77. The van der Waals surface area contributed by atoms with Crippen LogP contribution >= 0.6 is 11.3 Å². The molecular formula is C21H26N2O4S2. The summed E-state index contributed by atoms with van der Waals surface area (Å²) >= 11 is 1.18. The lowest BCUT2D eigenvalue weighted by Crippen LogP contribution is -2.50. The summed E-state index contributed by atoms with van der Waals surface area (Å²) in [6.07, 6.45) is 1.00. The van der Waals surface area contributed by atoms with Gasteiger partial charge in [0.25, 0.3) is 5.91 Å². The van der Waals surface area contributed by atoms with E-state index in [4.69, 9.17) is 0 Å². The fourth-order valence-corrected chi connectivity index (χ4v) is 5.57. The topological polar surface area (TPSA) is 74.8 Å². The minimum absolute atomic E-state index is 0.0655. The monoisotopic (exact) mass is 434 g/mol. The lowest BCUT2D eigenvalue weighted by atomic mass is 9.99. The normalized spacial score (nSPS) is 16.6. The van der Waals surface area contributed by atoms with Crippen LogP contribution in [0.2, 0.25) is 0 Å². The molecule has 2 heterocycles. The molecule has 0 unspecified atom stereocenters. The smallest absolute Gasteiger partial charge is 0.264 e. The Morgan fingerprint density at radius 3 is 2.10 bits per heavy atom. The summed E-state index contributed by atoms with van der Waals surface area (Å²) in [7, 11) is -3.58. The molecule has 1 saturated heterocycles. The average molecular weight is 435 g/mol. The summed E-state index contributed by atoms with van der Waals surface area (Å²) in [6.45, 7) is 6.87. The molecule has 1 aromatic heterocycles. The minimum atomic E-state index is -3.58. The van der Waals surface area contributed by atoms with Crippen LogP contribution in [0, 0.1) is 0 Å². The molecule has 6 nitrogen and oxygen atoms in total. The van der Waals surface area contributed by atoms with Gasteiger partial charge in [0.15, 0.2) is 5.78 Å². The van der Waals surface area contributed by atoms with Gasteiger partial charge in [-0.1, -0.05) is 26.0 Å². The van der Waals surface area contributed by atoms with Crippen LogP contribution in [0.4, 0.5) is 0 Å². The van der Waals surface area contributed by atoms with Gasteiger partial charge in [-0.25, -0.2) is 8.42 Å². The van der Waals surface area contributed by atoms with Gasteiger partial charge in [-0.05, 0) is 49.1 Å². The second-order valence-electron chi connectivity index (χ2n) is 7.29. The first kappa shape index (κ1) is 21.7. The molecule has 0 bridgehead atoms. The molecule has 1 aromatic carbocycles. The van der Waals surface area contributed by atoms with Crippen LogP contribution in [0.1, 0.15) is 58.0 Å². The van der Waals surface area contributed by atoms with Gasteiger partial charge in [0.1, 0.15) is 0 Å². The van der Waals surface area contributed by atoms with Gasteiger partial charge in [-0.3, -0.25) is 9.59 Å². The number of amides is 1. The molecule has 0 N–H and O–H groups in total. The molecule has 0 spiro atoms. The third-order valence-corrected chi connectivity index (χ3v) is 8.48. The molecule has 0 radical (unpaired) electrons. The number of sulfonamides is 1. The highest BCUT2D eigenvalue weighted by atomic mass is 32.2. The van der Waals surface area contributed by atoms with Crippen molar-refractivity contribution in [2.75, 3.05) is 26.2 Å². The molecule has 2 aromatic rings. The van der Waals surface area contributed by atoms with Crippen LogP contribution in [0.25, 0.3) is 0 Å². The first-order valence-electron chi connectivity index (χ1n) is 9.74. The van der Waals surface area contributed by atoms with Crippen molar-refractivity contribution in [2.24, 2.45) is 0 Å². The highest BCUT2D eigenvalue weighted by molar-refractivity contribution is 7.89. The molecule has 156 valence electrons. The van der Waals surface area contributed by atoms with Gasteiger partial charge >= 0.3 is 0 Å². The molecule has 1 atom stereocenters. The zero-order chi connectivity index (χ0) is 21.2. The number of carbonyl (C=O) groups excluding carboxylic acids is 2. The van der Waals surface area contributed by atoms with Crippen molar-refractivity contribution in [1.29, 1.82) is 0 Å². The summed E-state index contributed by atoms with van der Waals surface area (Å²) in [5.41, 5.74) is 1.13. The predicted molar refractivity (Wildman–Crippen MR) is 114 cm³/mol. The van der Waals surface area contributed by atoms with E-state index in [1.165, 1.54) is 22.6 Å². The summed E-state index contributed by atoms with van der Waals surface area (Å²) in [6, 6.07) is 10.4. The maximum Gasteiger partial charge on any atom is 0.264 e. The van der Waals surface area contributed by atoms with Crippen LogP contribution in [-0.4, -0.2) is 55.5 Å². The van der Waals surface area contributed by atoms with E-state index in [1.54, 1.807) is 29.2 Å². The number of nitrogens with zero attached hydrogens (tertiary/aromatic N) is 2. The summed E-state index contributed by atoms with van der Waals surface area (Å²) in [5.74, 6) is 0.170. The Hall–Kier alpha value is -2.03. The standard InChI is InChI=1S/C21H26N2O4S2/c1-4-15(2)17-5-7-18(8-6-17)29(26,27)23-13-11-22(12-14-23)21(25)20-10-9-19(28-20)16(3)24/h5-10,15H,4,11-14H2,1-3H3/t15-/m0/s1. The Bertz CT molecular complexity index is 988. The van der Waals surface area contributed by atoms with E-state index in [0.29, 0.717) is 28.8 Å². The number of rotatable bonds is 6. The zero-order valence-electron chi connectivity index (χ0n) is 16.9. The molecule has 1 aliphatic heterocycles. The molecule has 29 heavy (non-hydrogen) atoms. The Morgan fingerprint density at radius 1 is 1.00 bits per heavy atom. The Balaban J connectivity index is 1.66. The van der Waals surface area contributed by atoms with E-state index in [1.807, 2.05) is 12.1 Å². The molecule has 8 heteroatoms. The molecule has 1 aliphatic rings. The van der Waals surface area contributed by atoms with Crippen molar-refractivity contribution in [3.05, 3.63) is 51.7 Å². The van der Waals surface area contributed by atoms with Crippen LogP contribution in [0.5, 0.6) is 0 Å². The lowest BCUT2D eigenvalue weighted by molar-refractivity contribution is 0.0702. The SMILES string of the molecule is CC[C@H](C)c1ccc(S(=O)(=O)N2CCN(C(=O)c3ccc(C(C)=O)s3)CC2)cc1. The van der Waals surface area contributed by atoms with Gasteiger partial charge < -0.3 is 4.90 Å². The van der Waals surface area contributed by atoms with Gasteiger partial charge in [-0.15, -0.1) is 11.3 Å². The predicted octanol–water partition coefficient (Wildman–Crippen LogP) is 3.61. The average Bonchev–Trinajstić information content (AvgIpc) is 3.23. The Morgan fingerprint density at radius 2 is 1.59 bits per heavy atom. The highest BCUT2D eigenvalue weighted by Crippen LogP contribution is 2.24. The molecule has 3 rings (SSSR count). The molecule has 1 amide bonds. The molecule has 1 fully saturated rings. The van der Waals surface area contributed by atoms with Crippen LogP contribution < -0.4 is 0 Å². The van der Waals surface area contributed by atoms with Crippen molar-refractivity contribution >= 4 is 33.1 Å². The largest absolute Gasteiger partial charge is 0.335 e. The third-order valence-electron chi connectivity index (χ3n) is 5.39. The number of piperazine rings is 1. The zero-order valence-corrected chi connectivity index (χ0v) is 18.6. The highest BCUT2D eigenvalue weighted by Gasteiger charge is 2.31. The van der Waals surface area contributed by atoms with Crippen LogP contribution in [0.15, 0.2) is 41.3 Å². The van der Waals surface area contributed by atoms with Crippen molar-refractivity contribution in [3.8, 4) is 0 Å². The van der Waals surface area contributed by atoms with E-state index in [0.717, 1.165) is 12.0 Å². The Labute approximate surface area is 176 Å². The van der Waals surface area contributed by atoms with Gasteiger partial charge in [0.2, 0.25) is 10.0 Å². The maximum atomic E-state index is 12.9. The number of ketones is 1. The fourth-order valence-electron chi connectivity index (χ4n) is 3.28. The first-order valence-corrected chi connectivity index (χ1v) is 12.0. The van der Waals surface area contributed by atoms with E-state index in [9.17, 15) is 18.0 Å². The third kappa shape index (κ3) is 4.60. The number of Topliss-reactive ketones (excluding diaryl/α,β-unsaturated/α-hetero) is 1. The molecular weight excluding hydrogens is 408 g/mol. The van der Waals surface area contributed by atoms with Gasteiger partial charge in [0.05, 0.1) is 14.6 Å². The second-order valence-corrected chi connectivity index (χ2v) is 10.3. The van der Waals surface area contributed by atoms with Crippen LogP contribution in [0.3, 0.4) is 0 Å². The quantitative estimate of drug-likeness (QED) is 0.651. The first-order chi connectivity index (χ1) is 13.7. The van der Waals surface area contributed by atoms with Crippen molar-refractivity contribution in [3.63, 3.8) is 0 Å². The summed E-state index contributed by atoms with van der Waals surface area (Å²) in [4.78, 5) is 27.1. The maximum absolute atomic E-state index is 12.9. The van der Waals surface area contributed by atoms with E-state index in [2.05, 4.69) is 13.8 Å². The minimum Gasteiger partial charge on any atom is -0.335 e. The lowest BCUT2D eigenvalue weighted by Gasteiger charge is -2.33. The van der Waals surface area contributed by atoms with E-state index in [-0.39, 0.29) is 29.7 Å². The van der Waals surface area contributed by atoms with Crippen molar-refractivity contribution in [2.45, 2.75) is 38.0 Å². The van der Waals surface area contributed by atoms with Crippen molar-refractivity contribution < 1.29 is 18.0 Å². The summed E-state index contributed by atoms with van der Waals surface area (Å²) < 4.78 is 27.3. The van der Waals surface area contributed by atoms with Crippen LogP contribution in [-0.2, 0) is 10.0 Å². The number of hydrogen-bond acceptors (Lipinski definition) is 5. The number of benzene rings is 1.